The molecular weight excluding hydrogens is 412 g/mol. The Hall–Kier alpha value is -2.98. The first-order valence-corrected chi connectivity index (χ1v) is 9.55. The lowest BCUT2D eigenvalue weighted by Crippen LogP contribution is -2.53. The summed E-state index contributed by atoms with van der Waals surface area (Å²) >= 11 is 0. The SMILES string of the molecule is CC(=O)O[C@@H]([C@H](OC(C)=O)[C@@H](COCc1ccccc1)OC(C)=O)[C@@H](CO)OC(C)=O. The van der Waals surface area contributed by atoms with Crippen molar-refractivity contribution in [2.45, 2.75) is 58.7 Å². The van der Waals surface area contributed by atoms with Crippen molar-refractivity contribution in [3.63, 3.8) is 0 Å². The zero-order valence-corrected chi connectivity index (χ0v) is 17.9. The summed E-state index contributed by atoms with van der Waals surface area (Å²) in [5.41, 5.74) is 0.845. The van der Waals surface area contributed by atoms with E-state index >= 15 is 0 Å². The van der Waals surface area contributed by atoms with E-state index in [1.54, 1.807) is 0 Å². The van der Waals surface area contributed by atoms with Crippen LogP contribution in [-0.4, -0.2) is 66.6 Å². The van der Waals surface area contributed by atoms with Gasteiger partial charge >= 0.3 is 23.9 Å². The maximum atomic E-state index is 11.7. The average molecular weight is 440 g/mol. The minimum Gasteiger partial charge on any atom is -0.456 e. The Morgan fingerprint density at radius 1 is 0.742 bits per heavy atom. The maximum Gasteiger partial charge on any atom is 0.303 e. The Bertz CT molecular complexity index is 733. The van der Waals surface area contributed by atoms with Crippen LogP contribution in [0.25, 0.3) is 0 Å². The van der Waals surface area contributed by atoms with E-state index in [0.717, 1.165) is 33.3 Å². The highest BCUT2D eigenvalue weighted by Gasteiger charge is 2.43. The Morgan fingerprint density at radius 3 is 1.65 bits per heavy atom. The summed E-state index contributed by atoms with van der Waals surface area (Å²) in [5, 5.41) is 9.68. The minimum atomic E-state index is -1.46. The molecule has 10 nitrogen and oxygen atoms in total. The van der Waals surface area contributed by atoms with Crippen molar-refractivity contribution >= 4 is 23.9 Å². The predicted octanol–water partition coefficient (Wildman–Crippen LogP) is 0.922. The van der Waals surface area contributed by atoms with Gasteiger partial charge < -0.3 is 28.8 Å². The van der Waals surface area contributed by atoms with E-state index in [1.165, 1.54) is 0 Å². The van der Waals surface area contributed by atoms with Crippen LogP contribution in [0.4, 0.5) is 0 Å². The predicted molar refractivity (Wildman–Crippen MR) is 105 cm³/mol. The van der Waals surface area contributed by atoms with Crippen LogP contribution in [0.3, 0.4) is 0 Å². The zero-order valence-electron chi connectivity index (χ0n) is 17.9. The van der Waals surface area contributed by atoms with Crippen molar-refractivity contribution in [2.24, 2.45) is 0 Å². The van der Waals surface area contributed by atoms with Crippen LogP contribution in [-0.2, 0) is 49.5 Å². The number of hydrogen-bond donors (Lipinski definition) is 1. The maximum absolute atomic E-state index is 11.7. The fourth-order valence-electron chi connectivity index (χ4n) is 2.79. The average Bonchev–Trinajstić information content (AvgIpc) is 2.68. The Labute approximate surface area is 180 Å². The van der Waals surface area contributed by atoms with Gasteiger partial charge in [-0.3, -0.25) is 19.2 Å². The summed E-state index contributed by atoms with van der Waals surface area (Å²) in [6.45, 7) is 3.62. The summed E-state index contributed by atoms with van der Waals surface area (Å²) in [5.74, 6) is -3.04. The van der Waals surface area contributed by atoms with Crippen LogP contribution in [0.1, 0.15) is 33.3 Å². The molecule has 0 amide bonds. The number of carbonyl (C=O) groups is 4. The van der Waals surface area contributed by atoms with Gasteiger partial charge in [-0.2, -0.15) is 0 Å². The number of esters is 4. The molecule has 0 aliphatic rings. The number of aliphatic hydroxyl groups is 1. The van der Waals surface area contributed by atoms with E-state index in [4.69, 9.17) is 23.7 Å². The van der Waals surface area contributed by atoms with Crippen LogP contribution in [0.15, 0.2) is 30.3 Å². The molecule has 0 aliphatic carbocycles. The third kappa shape index (κ3) is 10.1. The highest BCUT2D eigenvalue weighted by atomic mass is 16.6. The molecule has 1 N–H and O–H groups in total. The van der Waals surface area contributed by atoms with Gasteiger partial charge in [0.1, 0.15) is 0 Å². The normalized spacial score (nSPS) is 14.5. The van der Waals surface area contributed by atoms with Crippen LogP contribution in [0.5, 0.6) is 0 Å². The molecule has 0 bridgehead atoms. The molecule has 4 atom stereocenters. The van der Waals surface area contributed by atoms with Crippen LogP contribution >= 0.6 is 0 Å². The monoisotopic (exact) mass is 440 g/mol. The smallest absolute Gasteiger partial charge is 0.303 e. The van der Waals surface area contributed by atoms with Crippen molar-refractivity contribution in [2.75, 3.05) is 13.2 Å². The molecule has 0 fully saturated rings. The third-order valence-corrected chi connectivity index (χ3v) is 3.87. The first kappa shape index (κ1) is 26.1. The molecule has 0 spiro atoms. The van der Waals surface area contributed by atoms with Crippen molar-refractivity contribution in [3.8, 4) is 0 Å². The second kappa shape index (κ2) is 13.3. The molecule has 172 valence electrons. The first-order chi connectivity index (χ1) is 14.6. The Kier molecular flexibility index (Phi) is 11.2. The van der Waals surface area contributed by atoms with Gasteiger partial charge in [0.2, 0.25) is 0 Å². The summed E-state index contributed by atoms with van der Waals surface area (Å²) in [7, 11) is 0. The lowest BCUT2D eigenvalue weighted by atomic mass is 10.0. The number of benzene rings is 1. The van der Waals surface area contributed by atoms with Gasteiger partial charge in [0, 0.05) is 27.7 Å². The second-order valence-electron chi connectivity index (χ2n) is 6.63. The number of aliphatic hydroxyl groups excluding tert-OH is 1. The number of rotatable bonds is 12. The van der Waals surface area contributed by atoms with E-state index in [9.17, 15) is 24.3 Å². The lowest BCUT2D eigenvalue weighted by molar-refractivity contribution is -0.205. The molecular formula is C21H28O10. The first-order valence-electron chi connectivity index (χ1n) is 9.55. The Balaban J connectivity index is 3.17. The van der Waals surface area contributed by atoms with Gasteiger partial charge in [0.05, 0.1) is 19.8 Å². The van der Waals surface area contributed by atoms with Gasteiger partial charge in [0.25, 0.3) is 0 Å². The molecule has 1 aromatic carbocycles. The van der Waals surface area contributed by atoms with Crippen molar-refractivity contribution in [1.29, 1.82) is 0 Å². The largest absolute Gasteiger partial charge is 0.456 e. The van der Waals surface area contributed by atoms with Gasteiger partial charge in [-0.05, 0) is 5.56 Å². The molecule has 0 saturated carbocycles. The zero-order chi connectivity index (χ0) is 23.4. The summed E-state index contributed by atoms with van der Waals surface area (Å²) < 4.78 is 26.4. The van der Waals surface area contributed by atoms with E-state index in [-0.39, 0.29) is 13.2 Å². The van der Waals surface area contributed by atoms with E-state index in [2.05, 4.69) is 0 Å². The molecule has 0 heterocycles. The van der Waals surface area contributed by atoms with Gasteiger partial charge in [0.15, 0.2) is 24.4 Å². The Morgan fingerprint density at radius 2 is 1.19 bits per heavy atom. The number of hydrogen-bond acceptors (Lipinski definition) is 10. The van der Waals surface area contributed by atoms with Gasteiger partial charge in [-0.1, -0.05) is 30.3 Å². The molecule has 10 heteroatoms. The van der Waals surface area contributed by atoms with Crippen molar-refractivity contribution in [1.82, 2.24) is 0 Å². The highest BCUT2D eigenvalue weighted by Crippen LogP contribution is 2.20. The lowest BCUT2D eigenvalue weighted by Gasteiger charge is -2.34. The van der Waals surface area contributed by atoms with Crippen LogP contribution < -0.4 is 0 Å². The number of carbonyl (C=O) groups excluding carboxylic acids is 4. The molecule has 0 aliphatic heterocycles. The summed E-state index contributed by atoms with van der Waals surface area (Å²) in [6, 6.07) is 9.15. The second-order valence-corrected chi connectivity index (χ2v) is 6.63. The third-order valence-electron chi connectivity index (χ3n) is 3.87. The molecule has 0 unspecified atom stereocenters. The van der Waals surface area contributed by atoms with Gasteiger partial charge in [-0.25, -0.2) is 0 Å². The number of ether oxygens (including phenoxy) is 5. The van der Waals surface area contributed by atoms with Crippen molar-refractivity contribution in [3.05, 3.63) is 35.9 Å². The molecule has 0 saturated heterocycles. The van der Waals surface area contributed by atoms with E-state index < -0.39 is 54.9 Å². The highest BCUT2D eigenvalue weighted by molar-refractivity contribution is 5.69. The summed E-state index contributed by atoms with van der Waals surface area (Å²) in [6.07, 6.45) is -5.48. The van der Waals surface area contributed by atoms with Gasteiger partial charge in [-0.15, -0.1) is 0 Å². The standard InChI is InChI=1S/C21H28O10/c1-13(23)28-18(10-22)20(30-15(3)25)21(31-16(4)26)19(29-14(2)24)12-27-11-17-8-6-5-7-9-17/h5-9,18-22H,10-12H2,1-4H3/t18-,19-,20-,21-/m1/s1. The van der Waals surface area contributed by atoms with E-state index in [1.807, 2.05) is 30.3 Å². The van der Waals surface area contributed by atoms with Crippen LogP contribution in [0, 0.1) is 0 Å². The molecule has 0 aromatic heterocycles. The summed E-state index contributed by atoms with van der Waals surface area (Å²) in [4.78, 5) is 46.5. The quantitative estimate of drug-likeness (QED) is 0.369. The van der Waals surface area contributed by atoms with Crippen molar-refractivity contribution < 1.29 is 48.0 Å². The van der Waals surface area contributed by atoms with Crippen LogP contribution in [0.2, 0.25) is 0 Å². The van der Waals surface area contributed by atoms with E-state index in [0.29, 0.717) is 0 Å². The molecule has 31 heavy (non-hydrogen) atoms. The topological polar surface area (TPSA) is 135 Å². The molecule has 0 radical (unpaired) electrons. The fourth-order valence-corrected chi connectivity index (χ4v) is 2.79. The fraction of sp³-hybridized carbons (Fsp3) is 0.524. The minimum absolute atomic E-state index is 0.164. The molecule has 1 aromatic rings. The molecule has 1 rings (SSSR count).